The van der Waals surface area contributed by atoms with Gasteiger partial charge in [0.15, 0.2) is 6.61 Å². The third-order valence-corrected chi connectivity index (χ3v) is 2.98. The van der Waals surface area contributed by atoms with Gasteiger partial charge in [0.2, 0.25) is 5.91 Å². The summed E-state index contributed by atoms with van der Waals surface area (Å²) < 4.78 is 9.69. The van der Waals surface area contributed by atoms with Gasteiger partial charge in [-0.2, -0.15) is 0 Å². The summed E-state index contributed by atoms with van der Waals surface area (Å²) in [6, 6.07) is 6.69. The Labute approximate surface area is 124 Å². The highest BCUT2D eigenvalue weighted by atomic mass is 16.6. The Kier molecular flexibility index (Phi) is 6.17. The van der Waals surface area contributed by atoms with Crippen molar-refractivity contribution in [2.24, 2.45) is 5.73 Å². The molecule has 1 amide bonds. The molecule has 0 aliphatic carbocycles. The summed E-state index contributed by atoms with van der Waals surface area (Å²) in [6.45, 7) is 3.53. The van der Waals surface area contributed by atoms with E-state index in [-0.39, 0.29) is 12.5 Å². The van der Waals surface area contributed by atoms with Crippen LogP contribution in [-0.2, 0) is 14.3 Å². The Morgan fingerprint density at radius 1 is 1.29 bits per heavy atom. The summed E-state index contributed by atoms with van der Waals surface area (Å²) in [6.07, 6.45) is 1.44. The van der Waals surface area contributed by atoms with Crippen LogP contribution in [0.15, 0.2) is 24.3 Å². The minimum Gasteiger partial charge on any atom is -0.482 e. The van der Waals surface area contributed by atoms with Crippen LogP contribution in [0.25, 0.3) is 0 Å². The van der Waals surface area contributed by atoms with Crippen LogP contribution in [-0.4, -0.2) is 31.1 Å². The Balaban J connectivity index is 2.58. The smallest absolute Gasteiger partial charge is 0.343 e. The van der Waals surface area contributed by atoms with Crippen molar-refractivity contribution in [1.82, 2.24) is 0 Å². The van der Waals surface area contributed by atoms with Crippen molar-refractivity contribution in [3.8, 4) is 5.75 Å². The van der Waals surface area contributed by atoms with Gasteiger partial charge in [0.25, 0.3) is 0 Å². The molecule has 0 saturated heterocycles. The Hall–Kier alpha value is -2.08. The van der Waals surface area contributed by atoms with Crippen LogP contribution < -0.4 is 15.8 Å². The van der Waals surface area contributed by atoms with Crippen molar-refractivity contribution in [1.29, 1.82) is 0 Å². The largest absolute Gasteiger partial charge is 0.482 e. The SMILES string of the molecule is CCCC(C)(N)C(=O)Nc1ccc(OCC(=O)OC)cc1. The molecular weight excluding hydrogens is 272 g/mol. The third kappa shape index (κ3) is 5.43. The first-order valence-corrected chi connectivity index (χ1v) is 6.79. The molecule has 1 rings (SSSR count). The molecule has 6 heteroatoms. The summed E-state index contributed by atoms with van der Waals surface area (Å²) >= 11 is 0. The number of rotatable bonds is 7. The highest BCUT2D eigenvalue weighted by Crippen LogP contribution is 2.18. The molecule has 1 aromatic rings. The molecule has 116 valence electrons. The first-order valence-electron chi connectivity index (χ1n) is 6.79. The van der Waals surface area contributed by atoms with Gasteiger partial charge in [-0.3, -0.25) is 4.79 Å². The highest BCUT2D eigenvalue weighted by molar-refractivity contribution is 5.97. The number of hydrogen-bond donors (Lipinski definition) is 2. The number of anilines is 1. The maximum absolute atomic E-state index is 12.0. The fraction of sp³-hybridized carbons (Fsp3) is 0.467. The molecule has 0 fully saturated rings. The molecule has 0 aromatic heterocycles. The van der Waals surface area contributed by atoms with E-state index < -0.39 is 11.5 Å². The lowest BCUT2D eigenvalue weighted by molar-refractivity contribution is -0.142. The van der Waals surface area contributed by atoms with E-state index in [1.165, 1.54) is 7.11 Å². The summed E-state index contributed by atoms with van der Waals surface area (Å²) in [4.78, 5) is 23.0. The molecular formula is C15H22N2O4. The van der Waals surface area contributed by atoms with Crippen molar-refractivity contribution in [2.75, 3.05) is 19.0 Å². The summed E-state index contributed by atoms with van der Waals surface area (Å²) in [7, 11) is 1.30. The first-order chi connectivity index (χ1) is 9.89. The maximum Gasteiger partial charge on any atom is 0.343 e. The van der Waals surface area contributed by atoms with E-state index in [2.05, 4.69) is 10.1 Å². The minimum absolute atomic E-state index is 0.153. The van der Waals surface area contributed by atoms with Crippen LogP contribution >= 0.6 is 0 Å². The number of amides is 1. The van der Waals surface area contributed by atoms with Gasteiger partial charge < -0.3 is 20.5 Å². The standard InChI is InChI=1S/C15H22N2O4/c1-4-9-15(2,16)14(19)17-11-5-7-12(8-6-11)21-10-13(18)20-3/h5-8H,4,9-10,16H2,1-3H3,(H,17,19). The molecule has 1 atom stereocenters. The molecule has 0 aliphatic heterocycles. The van der Waals surface area contributed by atoms with E-state index >= 15 is 0 Å². The van der Waals surface area contributed by atoms with Crippen molar-refractivity contribution in [2.45, 2.75) is 32.2 Å². The Morgan fingerprint density at radius 3 is 2.43 bits per heavy atom. The van der Waals surface area contributed by atoms with E-state index in [4.69, 9.17) is 10.5 Å². The van der Waals surface area contributed by atoms with Gasteiger partial charge in [-0.15, -0.1) is 0 Å². The molecule has 21 heavy (non-hydrogen) atoms. The summed E-state index contributed by atoms with van der Waals surface area (Å²) in [5.74, 6) is -0.166. The molecule has 0 heterocycles. The van der Waals surface area contributed by atoms with Crippen molar-refractivity contribution in [3.63, 3.8) is 0 Å². The molecule has 3 N–H and O–H groups in total. The van der Waals surface area contributed by atoms with Crippen LogP contribution in [0.5, 0.6) is 5.75 Å². The molecule has 6 nitrogen and oxygen atoms in total. The quantitative estimate of drug-likeness (QED) is 0.747. The molecule has 0 aliphatic rings. The second-order valence-electron chi connectivity index (χ2n) is 5.01. The highest BCUT2D eigenvalue weighted by Gasteiger charge is 2.27. The average molecular weight is 294 g/mol. The van der Waals surface area contributed by atoms with Crippen LogP contribution in [0.1, 0.15) is 26.7 Å². The van der Waals surface area contributed by atoms with Gasteiger partial charge >= 0.3 is 5.97 Å². The zero-order valence-electron chi connectivity index (χ0n) is 12.6. The van der Waals surface area contributed by atoms with Gasteiger partial charge in [0, 0.05) is 5.69 Å². The lowest BCUT2D eigenvalue weighted by atomic mass is 9.96. The van der Waals surface area contributed by atoms with Gasteiger partial charge in [-0.05, 0) is 37.6 Å². The lowest BCUT2D eigenvalue weighted by Gasteiger charge is -2.22. The van der Waals surface area contributed by atoms with Crippen molar-refractivity contribution < 1.29 is 19.1 Å². The predicted molar refractivity (Wildman–Crippen MR) is 80.1 cm³/mol. The van der Waals surface area contributed by atoms with Crippen LogP contribution in [0.3, 0.4) is 0 Å². The van der Waals surface area contributed by atoms with E-state index in [0.29, 0.717) is 17.9 Å². The molecule has 0 saturated carbocycles. The first kappa shape index (κ1) is 17.0. The number of ether oxygens (including phenoxy) is 2. The minimum atomic E-state index is -0.894. The summed E-state index contributed by atoms with van der Waals surface area (Å²) in [5, 5.41) is 2.76. The van der Waals surface area contributed by atoms with E-state index in [1.54, 1.807) is 31.2 Å². The molecule has 1 aromatic carbocycles. The number of nitrogens with two attached hydrogens (primary N) is 1. The van der Waals surface area contributed by atoms with Crippen LogP contribution in [0.2, 0.25) is 0 Å². The Bertz CT molecular complexity index is 483. The van der Waals surface area contributed by atoms with Crippen LogP contribution in [0, 0.1) is 0 Å². The van der Waals surface area contributed by atoms with Gasteiger partial charge in [0.1, 0.15) is 5.75 Å². The number of nitrogens with one attached hydrogen (secondary N) is 1. The number of esters is 1. The number of carbonyl (C=O) groups is 2. The van der Waals surface area contributed by atoms with Crippen LogP contribution in [0.4, 0.5) is 5.69 Å². The second kappa shape index (κ2) is 7.64. The maximum atomic E-state index is 12.0. The normalized spacial score (nSPS) is 13.1. The fourth-order valence-corrected chi connectivity index (χ4v) is 1.74. The van der Waals surface area contributed by atoms with Gasteiger partial charge in [-0.25, -0.2) is 4.79 Å². The van der Waals surface area contributed by atoms with Crippen molar-refractivity contribution >= 4 is 17.6 Å². The number of methoxy groups -OCH3 is 1. The van der Waals surface area contributed by atoms with Gasteiger partial charge in [0.05, 0.1) is 12.6 Å². The third-order valence-electron chi connectivity index (χ3n) is 2.98. The average Bonchev–Trinajstić information content (AvgIpc) is 2.46. The van der Waals surface area contributed by atoms with E-state index in [0.717, 1.165) is 6.42 Å². The lowest BCUT2D eigenvalue weighted by Crippen LogP contribution is -2.48. The fourth-order valence-electron chi connectivity index (χ4n) is 1.74. The number of carbonyl (C=O) groups excluding carboxylic acids is 2. The molecule has 1 unspecified atom stereocenters. The van der Waals surface area contributed by atoms with E-state index in [9.17, 15) is 9.59 Å². The van der Waals surface area contributed by atoms with E-state index in [1.807, 2.05) is 6.92 Å². The summed E-state index contributed by atoms with van der Waals surface area (Å²) in [5.41, 5.74) is 5.69. The molecule has 0 spiro atoms. The Morgan fingerprint density at radius 2 is 1.90 bits per heavy atom. The second-order valence-corrected chi connectivity index (χ2v) is 5.01. The zero-order valence-corrected chi connectivity index (χ0v) is 12.6. The number of benzene rings is 1. The van der Waals surface area contributed by atoms with Crippen molar-refractivity contribution in [3.05, 3.63) is 24.3 Å². The zero-order chi connectivity index (χ0) is 15.9. The van der Waals surface area contributed by atoms with Gasteiger partial charge in [-0.1, -0.05) is 13.3 Å². The molecule has 0 radical (unpaired) electrons. The monoisotopic (exact) mass is 294 g/mol. The number of hydrogen-bond acceptors (Lipinski definition) is 5. The predicted octanol–water partition coefficient (Wildman–Crippen LogP) is 1.69. The topological polar surface area (TPSA) is 90.7 Å². The molecule has 0 bridgehead atoms.